The molecule has 0 saturated carbocycles. The molecule has 0 radical (unpaired) electrons. The molecule has 5 nitrogen and oxygen atoms in total. The molecule has 0 spiro atoms. The van der Waals surface area contributed by atoms with E-state index in [0.29, 0.717) is 0 Å². The van der Waals surface area contributed by atoms with Crippen LogP contribution in [0.1, 0.15) is 11.1 Å². The van der Waals surface area contributed by atoms with E-state index in [1.165, 1.54) is 16.7 Å². The van der Waals surface area contributed by atoms with E-state index < -0.39 is 0 Å². The molecule has 0 amide bonds. The Morgan fingerprint density at radius 1 is 1.29 bits per heavy atom. The molecule has 2 heterocycles. The molecule has 108 valence electrons. The number of benzene rings is 1. The second kappa shape index (κ2) is 6.37. The average molecular weight is 281 g/mol. The second-order valence-corrected chi connectivity index (χ2v) is 5.09. The van der Waals surface area contributed by atoms with Gasteiger partial charge >= 0.3 is 0 Å². The fraction of sp³-hybridized carbons (Fsp3) is 0.250. The molecule has 0 fully saturated rings. The van der Waals surface area contributed by atoms with E-state index in [4.69, 9.17) is 0 Å². The van der Waals surface area contributed by atoms with Gasteiger partial charge in [-0.3, -0.25) is 9.78 Å². The lowest BCUT2D eigenvalue weighted by molar-refractivity contribution is 0.555. The number of hydrogen-bond donors (Lipinski definition) is 2. The topological polar surface area (TPSA) is 58.5 Å². The average Bonchev–Trinajstić information content (AvgIpc) is 3.15. The first-order valence-corrected chi connectivity index (χ1v) is 7.10. The van der Waals surface area contributed by atoms with E-state index in [0.717, 1.165) is 25.3 Å². The second-order valence-electron chi connectivity index (χ2n) is 5.09. The highest BCUT2D eigenvalue weighted by atomic mass is 15.3. The molecule has 2 aromatic heterocycles. The number of aromatic nitrogens is 4. The van der Waals surface area contributed by atoms with Crippen molar-refractivity contribution in [3.05, 3.63) is 60.0 Å². The summed E-state index contributed by atoms with van der Waals surface area (Å²) in [4.78, 5) is 0. The van der Waals surface area contributed by atoms with Crippen LogP contribution in [0.4, 0.5) is 0 Å². The predicted molar refractivity (Wildman–Crippen MR) is 82.7 cm³/mol. The highest BCUT2D eigenvalue weighted by Gasteiger charge is 2.07. The van der Waals surface area contributed by atoms with E-state index in [2.05, 4.69) is 51.8 Å². The summed E-state index contributed by atoms with van der Waals surface area (Å²) in [7, 11) is 0. The Bertz CT molecular complexity index is 684. The van der Waals surface area contributed by atoms with Crippen LogP contribution in [-0.2, 0) is 13.1 Å². The van der Waals surface area contributed by atoms with Crippen molar-refractivity contribution in [2.24, 2.45) is 0 Å². The van der Waals surface area contributed by atoms with Gasteiger partial charge in [-0.1, -0.05) is 23.8 Å². The van der Waals surface area contributed by atoms with Gasteiger partial charge in [0.1, 0.15) is 0 Å². The van der Waals surface area contributed by atoms with Gasteiger partial charge in [-0.2, -0.15) is 10.2 Å². The Kier molecular flexibility index (Phi) is 4.12. The maximum Gasteiger partial charge on any atom is 0.0695 e. The minimum atomic E-state index is 0.793. The lowest BCUT2D eigenvalue weighted by Crippen LogP contribution is -2.19. The fourth-order valence-electron chi connectivity index (χ4n) is 2.35. The number of hydrogen-bond acceptors (Lipinski definition) is 3. The number of nitrogens with one attached hydrogen (secondary N) is 2. The van der Waals surface area contributed by atoms with E-state index in [-0.39, 0.29) is 0 Å². The quantitative estimate of drug-likeness (QED) is 0.682. The summed E-state index contributed by atoms with van der Waals surface area (Å²) in [5.41, 5.74) is 4.70. The summed E-state index contributed by atoms with van der Waals surface area (Å²) in [6.07, 6.45) is 5.65. The van der Waals surface area contributed by atoms with Crippen LogP contribution in [0.15, 0.2) is 48.9 Å². The van der Waals surface area contributed by atoms with E-state index in [1.54, 1.807) is 6.20 Å². The zero-order chi connectivity index (χ0) is 14.5. The summed E-state index contributed by atoms with van der Waals surface area (Å²) < 4.78 is 1.92. The Morgan fingerprint density at radius 2 is 2.24 bits per heavy atom. The number of H-pyrrole nitrogens is 1. The van der Waals surface area contributed by atoms with Crippen molar-refractivity contribution in [1.82, 2.24) is 25.3 Å². The zero-order valence-corrected chi connectivity index (χ0v) is 12.1. The largest absolute Gasteiger partial charge is 0.311 e. The van der Waals surface area contributed by atoms with Crippen molar-refractivity contribution in [2.75, 3.05) is 6.54 Å². The molecule has 0 saturated heterocycles. The highest BCUT2D eigenvalue weighted by Crippen LogP contribution is 2.21. The lowest BCUT2D eigenvalue weighted by atomic mass is 10.1. The van der Waals surface area contributed by atoms with E-state index in [9.17, 15) is 0 Å². The molecule has 0 aliphatic carbocycles. The van der Waals surface area contributed by atoms with Crippen LogP contribution in [0.5, 0.6) is 0 Å². The third-order valence-corrected chi connectivity index (χ3v) is 3.42. The van der Waals surface area contributed by atoms with Gasteiger partial charge in [0.2, 0.25) is 0 Å². The lowest BCUT2D eigenvalue weighted by Gasteiger charge is -2.06. The monoisotopic (exact) mass is 281 g/mol. The molecular weight excluding hydrogens is 262 g/mol. The van der Waals surface area contributed by atoms with Crippen molar-refractivity contribution in [3.8, 4) is 11.3 Å². The summed E-state index contributed by atoms with van der Waals surface area (Å²) in [5, 5.41) is 14.9. The third kappa shape index (κ3) is 3.38. The number of rotatable bonds is 6. The van der Waals surface area contributed by atoms with Crippen LogP contribution in [0.3, 0.4) is 0 Å². The van der Waals surface area contributed by atoms with Gasteiger partial charge in [-0.05, 0) is 19.1 Å². The maximum atomic E-state index is 4.18. The molecule has 2 N–H and O–H groups in total. The van der Waals surface area contributed by atoms with Crippen LogP contribution in [-0.4, -0.2) is 26.5 Å². The third-order valence-electron chi connectivity index (χ3n) is 3.42. The zero-order valence-electron chi connectivity index (χ0n) is 12.1. The van der Waals surface area contributed by atoms with Crippen LogP contribution >= 0.6 is 0 Å². The molecule has 0 bridgehead atoms. The smallest absolute Gasteiger partial charge is 0.0695 e. The van der Waals surface area contributed by atoms with Crippen molar-refractivity contribution in [1.29, 1.82) is 0 Å². The van der Waals surface area contributed by atoms with Gasteiger partial charge < -0.3 is 5.32 Å². The first-order valence-electron chi connectivity index (χ1n) is 7.10. The summed E-state index contributed by atoms with van der Waals surface area (Å²) >= 11 is 0. The Morgan fingerprint density at radius 3 is 3.05 bits per heavy atom. The fourth-order valence-corrected chi connectivity index (χ4v) is 2.35. The molecule has 0 atom stereocenters. The molecule has 3 rings (SSSR count). The van der Waals surface area contributed by atoms with Crippen LogP contribution in [0, 0.1) is 6.92 Å². The number of aromatic amines is 1. The van der Waals surface area contributed by atoms with Crippen LogP contribution in [0.25, 0.3) is 11.3 Å². The Balaban J connectivity index is 1.60. The molecule has 1 aromatic carbocycles. The van der Waals surface area contributed by atoms with Crippen molar-refractivity contribution in [2.45, 2.75) is 20.0 Å². The van der Waals surface area contributed by atoms with Crippen molar-refractivity contribution < 1.29 is 0 Å². The minimum absolute atomic E-state index is 0.793. The van der Waals surface area contributed by atoms with Crippen LogP contribution < -0.4 is 5.32 Å². The molecule has 0 aliphatic rings. The summed E-state index contributed by atoms with van der Waals surface area (Å²) in [5.74, 6) is 0. The van der Waals surface area contributed by atoms with Gasteiger partial charge in [0.25, 0.3) is 0 Å². The molecular formula is C16H19N5. The van der Waals surface area contributed by atoms with E-state index >= 15 is 0 Å². The number of nitrogens with zero attached hydrogens (tertiary/aromatic N) is 3. The molecule has 0 aliphatic heterocycles. The van der Waals surface area contributed by atoms with Crippen molar-refractivity contribution >= 4 is 0 Å². The SMILES string of the molecule is Cc1cccc(-c2[nH]ncc2CNCCn2cccn2)c1. The van der Waals surface area contributed by atoms with Gasteiger partial charge in [-0.25, -0.2) is 0 Å². The first-order chi connectivity index (χ1) is 10.3. The molecule has 0 unspecified atom stereocenters. The van der Waals surface area contributed by atoms with Gasteiger partial charge in [-0.15, -0.1) is 0 Å². The first kappa shape index (κ1) is 13.6. The Hall–Kier alpha value is -2.40. The summed E-state index contributed by atoms with van der Waals surface area (Å²) in [6, 6.07) is 10.4. The maximum absolute atomic E-state index is 4.18. The molecule has 21 heavy (non-hydrogen) atoms. The van der Waals surface area contributed by atoms with E-state index in [1.807, 2.05) is 23.1 Å². The standard InChI is InChI=1S/C16H19N5/c1-13-4-2-5-14(10-13)16-15(12-18-20-16)11-17-7-9-21-8-3-6-19-21/h2-6,8,10,12,17H,7,9,11H2,1H3,(H,18,20). The highest BCUT2D eigenvalue weighted by molar-refractivity contribution is 5.63. The number of aryl methyl sites for hydroxylation is 1. The normalized spacial score (nSPS) is 10.9. The van der Waals surface area contributed by atoms with Gasteiger partial charge in [0.05, 0.1) is 18.4 Å². The van der Waals surface area contributed by atoms with Crippen LogP contribution in [0.2, 0.25) is 0 Å². The Labute approximate surface area is 124 Å². The minimum Gasteiger partial charge on any atom is -0.311 e. The summed E-state index contributed by atoms with van der Waals surface area (Å²) in [6.45, 7) is 4.63. The molecule has 5 heteroatoms. The van der Waals surface area contributed by atoms with Gasteiger partial charge in [0, 0.05) is 36.6 Å². The molecule has 3 aromatic rings. The predicted octanol–water partition coefficient (Wildman–Crippen LogP) is 2.37. The van der Waals surface area contributed by atoms with Crippen molar-refractivity contribution in [3.63, 3.8) is 0 Å². The van der Waals surface area contributed by atoms with Gasteiger partial charge in [0.15, 0.2) is 0 Å².